The molecule has 7 heteroatoms. The van der Waals surface area contributed by atoms with Crippen LogP contribution in [-0.4, -0.2) is 21.9 Å². The predicted octanol–water partition coefficient (Wildman–Crippen LogP) is 3.18. The molecule has 7 nitrogen and oxygen atoms in total. The molecule has 2 aromatic rings. The summed E-state index contributed by atoms with van der Waals surface area (Å²) in [7, 11) is 0. The van der Waals surface area contributed by atoms with Gasteiger partial charge in [-0.15, -0.1) is 0 Å². The van der Waals surface area contributed by atoms with Gasteiger partial charge in [-0.25, -0.2) is 0 Å². The number of carbonyl (C=O) groups is 2. The SMILES string of the molecule is Cc1ccc(CC(CC(=O)O)C(=O)Nc2cccc([N+](=O)[O-])c2)cc1. The first-order chi connectivity index (χ1) is 11.8. The van der Waals surface area contributed by atoms with E-state index in [9.17, 15) is 19.7 Å². The number of non-ortho nitro benzene ring substituents is 1. The van der Waals surface area contributed by atoms with Gasteiger partial charge in [0.15, 0.2) is 0 Å². The van der Waals surface area contributed by atoms with Crippen LogP contribution in [-0.2, 0) is 16.0 Å². The molecule has 0 aliphatic carbocycles. The van der Waals surface area contributed by atoms with Crippen LogP contribution < -0.4 is 5.32 Å². The summed E-state index contributed by atoms with van der Waals surface area (Å²) < 4.78 is 0. The van der Waals surface area contributed by atoms with Crippen LogP contribution in [0.15, 0.2) is 48.5 Å². The number of hydrogen-bond donors (Lipinski definition) is 2. The van der Waals surface area contributed by atoms with Gasteiger partial charge in [-0.1, -0.05) is 35.9 Å². The molecular weight excluding hydrogens is 324 g/mol. The number of benzene rings is 2. The maximum Gasteiger partial charge on any atom is 0.304 e. The molecule has 0 heterocycles. The summed E-state index contributed by atoms with van der Waals surface area (Å²) in [6.45, 7) is 1.94. The number of aliphatic carboxylic acids is 1. The smallest absolute Gasteiger partial charge is 0.304 e. The highest BCUT2D eigenvalue weighted by molar-refractivity contribution is 5.94. The average Bonchev–Trinajstić information content (AvgIpc) is 2.56. The zero-order valence-electron chi connectivity index (χ0n) is 13.6. The van der Waals surface area contributed by atoms with E-state index in [1.807, 2.05) is 31.2 Å². The minimum absolute atomic E-state index is 0.147. The van der Waals surface area contributed by atoms with Gasteiger partial charge in [0.2, 0.25) is 5.91 Å². The highest BCUT2D eigenvalue weighted by Gasteiger charge is 2.23. The first-order valence-corrected chi connectivity index (χ1v) is 7.68. The van der Waals surface area contributed by atoms with E-state index >= 15 is 0 Å². The minimum Gasteiger partial charge on any atom is -0.481 e. The fourth-order valence-corrected chi connectivity index (χ4v) is 2.42. The number of anilines is 1. The number of carboxylic acids is 1. The Balaban J connectivity index is 2.14. The lowest BCUT2D eigenvalue weighted by Gasteiger charge is -2.15. The third kappa shape index (κ3) is 5.42. The molecule has 2 N–H and O–H groups in total. The van der Waals surface area contributed by atoms with Crippen LogP contribution in [0.2, 0.25) is 0 Å². The van der Waals surface area contributed by atoms with Crippen LogP contribution in [0.5, 0.6) is 0 Å². The van der Waals surface area contributed by atoms with Gasteiger partial charge in [0.1, 0.15) is 0 Å². The van der Waals surface area contributed by atoms with Gasteiger partial charge in [-0.3, -0.25) is 19.7 Å². The summed E-state index contributed by atoms with van der Waals surface area (Å²) in [6, 6.07) is 13.0. The van der Waals surface area contributed by atoms with Crippen LogP contribution in [0, 0.1) is 23.0 Å². The molecule has 0 fully saturated rings. The van der Waals surface area contributed by atoms with Crippen molar-refractivity contribution in [2.24, 2.45) is 5.92 Å². The Hall–Kier alpha value is -3.22. The molecule has 0 aliphatic rings. The molecule has 130 valence electrons. The van der Waals surface area contributed by atoms with Gasteiger partial charge in [-0.05, 0) is 25.0 Å². The highest BCUT2D eigenvalue weighted by atomic mass is 16.6. The van der Waals surface area contributed by atoms with Gasteiger partial charge in [0.05, 0.1) is 17.3 Å². The van der Waals surface area contributed by atoms with Gasteiger partial charge in [-0.2, -0.15) is 0 Å². The fraction of sp³-hybridized carbons (Fsp3) is 0.222. The number of carbonyl (C=O) groups excluding carboxylic acids is 1. The normalized spacial score (nSPS) is 11.6. The predicted molar refractivity (Wildman–Crippen MR) is 92.4 cm³/mol. The molecule has 1 amide bonds. The van der Waals surface area contributed by atoms with E-state index in [4.69, 9.17) is 5.11 Å². The molecule has 2 aromatic carbocycles. The molecule has 2 rings (SSSR count). The van der Waals surface area contributed by atoms with E-state index in [-0.39, 0.29) is 24.2 Å². The molecule has 0 spiro atoms. The number of carboxylic acid groups (broad SMARTS) is 1. The first-order valence-electron chi connectivity index (χ1n) is 7.68. The lowest BCUT2D eigenvalue weighted by molar-refractivity contribution is -0.384. The van der Waals surface area contributed by atoms with Crippen molar-refractivity contribution in [1.29, 1.82) is 0 Å². The van der Waals surface area contributed by atoms with Crippen LogP contribution in [0.1, 0.15) is 17.5 Å². The van der Waals surface area contributed by atoms with E-state index in [1.54, 1.807) is 0 Å². The Kier molecular flexibility index (Phi) is 5.84. The topological polar surface area (TPSA) is 110 Å². The van der Waals surface area contributed by atoms with Crippen molar-refractivity contribution >= 4 is 23.3 Å². The van der Waals surface area contributed by atoms with Gasteiger partial charge < -0.3 is 10.4 Å². The van der Waals surface area contributed by atoms with Crippen LogP contribution in [0.4, 0.5) is 11.4 Å². The number of nitrogens with zero attached hydrogens (tertiary/aromatic N) is 1. The largest absolute Gasteiger partial charge is 0.481 e. The van der Waals surface area contributed by atoms with E-state index in [0.717, 1.165) is 11.1 Å². The Morgan fingerprint density at radius 2 is 1.88 bits per heavy atom. The lowest BCUT2D eigenvalue weighted by Crippen LogP contribution is -2.27. The average molecular weight is 342 g/mol. The van der Waals surface area contributed by atoms with Crippen molar-refractivity contribution in [3.63, 3.8) is 0 Å². The van der Waals surface area contributed by atoms with Gasteiger partial charge in [0.25, 0.3) is 5.69 Å². The first kappa shape index (κ1) is 18.1. The molecule has 0 saturated heterocycles. The Morgan fingerprint density at radius 3 is 2.48 bits per heavy atom. The standard InChI is InChI=1S/C18H18N2O5/c1-12-5-7-13(8-6-12)9-14(10-17(21)22)18(23)19-15-3-2-4-16(11-15)20(24)25/h2-8,11,14H,9-10H2,1H3,(H,19,23)(H,21,22). The van der Waals surface area contributed by atoms with Gasteiger partial charge in [0, 0.05) is 17.8 Å². The van der Waals surface area contributed by atoms with E-state index in [1.165, 1.54) is 24.3 Å². The Morgan fingerprint density at radius 1 is 1.20 bits per heavy atom. The summed E-state index contributed by atoms with van der Waals surface area (Å²) in [5.41, 5.74) is 2.04. The van der Waals surface area contributed by atoms with E-state index in [0.29, 0.717) is 0 Å². The maximum atomic E-state index is 12.5. The fourth-order valence-electron chi connectivity index (χ4n) is 2.42. The number of aryl methyl sites for hydroxylation is 1. The number of nitro groups is 1. The van der Waals surface area contributed by atoms with Gasteiger partial charge >= 0.3 is 5.97 Å². The van der Waals surface area contributed by atoms with E-state index in [2.05, 4.69) is 5.32 Å². The van der Waals surface area contributed by atoms with E-state index < -0.39 is 22.7 Å². The third-order valence-electron chi connectivity index (χ3n) is 3.72. The van der Waals surface area contributed by atoms with Crippen molar-refractivity contribution in [3.05, 3.63) is 69.8 Å². The molecule has 0 aliphatic heterocycles. The highest BCUT2D eigenvalue weighted by Crippen LogP contribution is 2.20. The summed E-state index contributed by atoms with van der Waals surface area (Å²) in [5.74, 6) is -2.34. The molecule has 0 bridgehead atoms. The summed E-state index contributed by atoms with van der Waals surface area (Å²) in [5, 5.41) is 22.4. The summed E-state index contributed by atoms with van der Waals surface area (Å²) in [4.78, 5) is 33.8. The molecule has 1 unspecified atom stereocenters. The second-order valence-corrected chi connectivity index (χ2v) is 5.78. The number of amides is 1. The van der Waals surface area contributed by atoms with Crippen molar-refractivity contribution in [1.82, 2.24) is 0 Å². The molecular formula is C18H18N2O5. The Bertz CT molecular complexity index is 786. The summed E-state index contributed by atoms with van der Waals surface area (Å²) >= 11 is 0. The molecule has 0 aromatic heterocycles. The summed E-state index contributed by atoms with van der Waals surface area (Å²) in [6.07, 6.45) is -0.0536. The molecule has 25 heavy (non-hydrogen) atoms. The number of rotatable bonds is 7. The van der Waals surface area contributed by atoms with Crippen molar-refractivity contribution in [2.45, 2.75) is 19.8 Å². The van der Waals surface area contributed by atoms with Crippen molar-refractivity contribution in [3.8, 4) is 0 Å². The second kappa shape index (κ2) is 8.05. The lowest BCUT2D eigenvalue weighted by atomic mass is 9.94. The Labute approximate surface area is 144 Å². The molecule has 0 saturated carbocycles. The van der Waals surface area contributed by atoms with Crippen LogP contribution in [0.25, 0.3) is 0 Å². The van der Waals surface area contributed by atoms with Crippen molar-refractivity contribution in [2.75, 3.05) is 5.32 Å². The monoisotopic (exact) mass is 342 g/mol. The van der Waals surface area contributed by atoms with Crippen LogP contribution in [0.3, 0.4) is 0 Å². The van der Waals surface area contributed by atoms with Crippen LogP contribution >= 0.6 is 0 Å². The number of hydrogen-bond acceptors (Lipinski definition) is 4. The molecule has 0 radical (unpaired) electrons. The zero-order valence-corrected chi connectivity index (χ0v) is 13.6. The number of nitro benzene ring substituents is 1. The number of nitrogens with one attached hydrogen (secondary N) is 1. The minimum atomic E-state index is -1.08. The quantitative estimate of drug-likeness (QED) is 0.593. The molecule has 1 atom stereocenters. The second-order valence-electron chi connectivity index (χ2n) is 5.78. The third-order valence-corrected chi connectivity index (χ3v) is 3.72. The zero-order chi connectivity index (χ0) is 18.4. The van der Waals surface area contributed by atoms with Crippen molar-refractivity contribution < 1.29 is 19.6 Å². The maximum absolute atomic E-state index is 12.5.